The van der Waals surface area contributed by atoms with E-state index in [-0.39, 0.29) is 5.84 Å². The monoisotopic (exact) mass is 274 g/mol. The summed E-state index contributed by atoms with van der Waals surface area (Å²) in [7, 11) is 0. The SMILES string of the molecule is C/C(=N/[N+](=O)[O-])NCCCC(N)C(=O)OC(C)(C)C. The Kier molecular flexibility index (Phi) is 6.99. The first-order valence-electron chi connectivity index (χ1n) is 6.03. The Morgan fingerprint density at radius 1 is 1.53 bits per heavy atom. The molecule has 0 aromatic heterocycles. The fourth-order valence-corrected chi connectivity index (χ4v) is 1.24. The molecule has 0 fully saturated rings. The number of carbonyl (C=O) groups excluding carboxylic acids is 1. The van der Waals surface area contributed by atoms with E-state index in [2.05, 4.69) is 10.4 Å². The number of hydrogen-bond donors (Lipinski definition) is 2. The molecule has 1 unspecified atom stereocenters. The summed E-state index contributed by atoms with van der Waals surface area (Å²) in [6.45, 7) is 7.28. The van der Waals surface area contributed by atoms with Crippen LogP contribution in [-0.4, -0.2) is 35.0 Å². The van der Waals surface area contributed by atoms with Crippen molar-refractivity contribution in [3.05, 3.63) is 10.1 Å². The third kappa shape index (κ3) is 9.95. The molecule has 0 aromatic rings. The molecule has 0 aromatic carbocycles. The summed E-state index contributed by atoms with van der Waals surface area (Å²) in [4.78, 5) is 21.6. The molecule has 0 aliphatic rings. The zero-order valence-electron chi connectivity index (χ0n) is 11.8. The van der Waals surface area contributed by atoms with Crippen LogP contribution in [0.1, 0.15) is 40.5 Å². The summed E-state index contributed by atoms with van der Waals surface area (Å²) < 4.78 is 5.13. The van der Waals surface area contributed by atoms with E-state index in [4.69, 9.17) is 10.5 Å². The van der Waals surface area contributed by atoms with Gasteiger partial charge in [0.15, 0.2) is 10.9 Å². The van der Waals surface area contributed by atoms with Crippen LogP contribution in [0, 0.1) is 10.1 Å². The van der Waals surface area contributed by atoms with Crippen LogP contribution in [0.25, 0.3) is 0 Å². The van der Waals surface area contributed by atoms with Crippen LogP contribution < -0.4 is 11.1 Å². The van der Waals surface area contributed by atoms with Crippen molar-refractivity contribution in [1.82, 2.24) is 5.32 Å². The fourth-order valence-electron chi connectivity index (χ4n) is 1.24. The van der Waals surface area contributed by atoms with E-state index in [0.717, 1.165) is 0 Å². The largest absolute Gasteiger partial charge is 0.459 e. The smallest absolute Gasteiger partial charge is 0.323 e. The van der Waals surface area contributed by atoms with Gasteiger partial charge in [0.2, 0.25) is 0 Å². The number of amidine groups is 1. The molecular formula is C11H22N4O4. The minimum atomic E-state index is -0.769. The van der Waals surface area contributed by atoms with Gasteiger partial charge in [-0.1, -0.05) is 0 Å². The van der Waals surface area contributed by atoms with Gasteiger partial charge in [-0.25, -0.2) is 10.1 Å². The summed E-state index contributed by atoms with van der Waals surface area (Å²) in [6.07, 6.45) is 1.03. The average Bonchev–Trinajstić information content (AvgIpc) is 2.20. The number of ether oxygens (including phenoxy) is 1. The van der Waals surface area contributed by atoms with Crippen LogP contribution in [0.15, 0.2) is 5.10 Å². The molecule has 0 saturated heterocycles. The lowest BCUT2D eigenvalue weighted by molar-refractivity contribution is -0.485. The Morgan fingerprint density at radius 2 is 2.11 bits per heavy atom. The van der Waals surface area contributed by atoms with Gasteiger partial charge in [0.1, 0.15) is 11.6 Å². The van der Waals surface area contributed by atoms with Crippen LogP contribution in [0.3, 0.4) is 0 Å². The van der Waals surface area contributed by atoms with Crippen LogP contribution >= 0.6 is 0 Å². The second kappa shape index (κ2) is 7.67. The number of nitro groups is 1. The molecule has 0 bridgehead atoms. The molecular weight excluding hydrogens is 252 g/mol. The highest BCUT2D eigenvalue weighted by Crippen LogP contribution is 2.09. The molecule has 0 spiro atoms. The second-order valence-corrected chi connectivity index (χ2v) is 5.13. The molecule has 0 amide bonds. The van der Waals surface area contributed by atoms with Gasteiger partial charge in [-0.15, -0.1) is 0 Å². The highest BCUT2D eigenvalue weighted by Gasteiger charge is 2.21. The molecule has 8 nitrogen and oxygen atoms in total. The number of carbonyl (C=O) groups is 1. The normalized spacial score (nSPS) is 13.8. The van der Waals surface area contributed by atoms with E-state index in [0.29, 0.717) is 19.4 Å². The van der Waals surface area contributed by atoms with E-state index in [9.17, 15) is 14.9 Å². The molecule has 1 atom stereocenters. The summed E-state index contributed by atoms with van der Waals surface area (Å²) in [5.41, 5.74) is 5.13. The summed E-state index contributed by atoms with van der Waals surface area (Å²) in [6, 6.07) is -0.686. The zero-order chi connectivity index (χ0) is 15.1. The number of nitrogens with one attached hydrogen (secondary N) is 1. The summed E-state index contributed by atoms with van der Waals surface area (Å²) in [5, 5.41) is 15.1. The maximum absolute atomic E-state index is 11.6. The van der Waals surface area contributed by atoms with Crippen molar-refractivity contribution in [2.24, 2.45) is 10.8 Å². The number of rotatable bonds is 6. The predicted molar refractivity (Wildman–Crippen MR) is 71.2 cm³/mol. The third-order valence-corrected chi connectivity index (χ3v) is 2.01. The molecule has 0 saturated carbocycles. The van der Waals surface area contributed by atoms with E-state index < -0.39 is 22.6 Å². The Labute approximate surface area is 112 Å². The average molecular weight is 274 g/mol. The van der Waals surface area contributed by atoms with E-state index in [1.54, 1.807) is 20.8 Å². The van der Waals surface area contributed by atoms with Crippen molar-refractivity contribution >= 4 is 11.8 Å². The van der Waals surface area contributed by atoms with Crippen LogP contribution in [0.4, 0.5) is 0 Å². The Morgan fingerprint density at radius 3 is 2.58 bits per heavy atom. The van der Waals surface area contributed by atoms with Crippen molar-refractivity contribution in [1.29, 1.82) is 0 Å². The predicted octanol–water partition coefficient (Wildman–Crippen LogP) is 0.635. The highest BCUT2D eigenvalue weighted by atomic mass is 16.7. The van der Waals surface area contributed by atoms with Crippen molar-refractivity contribution in [3.8, 4) is 0 Å². The molecule has 8 heteroatoms. The molecule has 0 rings (SSSR count). The first-order chi connectivity index (χ1) is 8.61. The van der Waals surface area contributed by atoms with Crippen molar-refractivity contribution in [2.75, 3.05) is 6.54 Å². The maximum atomic E-state index is 11.6. The summed E-state index contributed by atoms with van der Waals surface area (Å²) in [5.74, 6) is -0.223. The fraction of sp³-hybridized carbons (Fsp3) is 0.818. The number of nitrogens with two attached hydrogens (primary N) is 1. The quantitative estimate of drug-likeness (QED) is 0.183. The van der Waals surface area contributed by atoms with Gasteiger partial charge < -0.3 is 15.8 Å². The molecule has 0 radical (unpaired) electrons. The van der Waals surface area contributed by atoms with Crippen LogP contribution in [0.5, 0.6) is 0 Å². The molecule has 0 heterocycles. The second-order valence-electron chi connectivity index (χ2n) is 5.13. The third-order valence-electron chi connectivity index (χ3n) is 2.01. The van der Waals surface area contributed by atoms with Crippen LogP contribution in [0.2, 0.25) is 0 Å². The Hall–Kier alpha value is -1.70. The Bertz CT molecular complexity index is 349. The van der Waals surface area contributed by atoms with Gasteiger partial charge >= 0.3 is 5.97 Å². The summed E-state index contributed by atoms with van der Waals surface area (Å²) >= 11 is 0. The van der Waals surface area contributed by atoms with E-state index in [1.807, 2.05) is 0 Å². The van der Waals surface area contributed by atoms with Crippen molar-refractivity contribution in [3.63, 3.8) is 0 Å². The highest BCUT2D eigenvalue weighted by molar-refractivity contribution is 5.78. The number of hydrazone groups is 1. The van der Waals surface area contributed by atoms with Crippen molar-refractivity contribution in [2.45, 2.75) is 52.2 Å². The van der Waals surface area contributed by atoms with Gasteiger partial charge in [-0.05, 0) is 40.5 Å². The van der Waals surface area contributed by atoms with E-state index >= 15 is 0 Å². The molecule has 110 valence electrons. The van der Waals surface area contributed by atoms with Gasteiger partial charge in [0.05, 0.1) is 5.10 Å². The minimum Gasteiger partial charge on any atom is -0.459 e. The number of hydrogen-bond acceptors (Lipinski definition) is 5. The lowest BCUT2D eigenvalue weighted by Gasteiger charge is -2.22. The van der Waals surface area contributed by atoms with Gasteiger partial charge in [0, 0.05) is 6.54 Å². The zero-order valence-corrected chi connectivity index (χ0v) is 11.8. The Balaban J connectivity index is 3.89. The van der Waals surface area contributed by atoms with Gasteiger partial charge in [0.25, 0.3) is 0 Å². The molecule has 19 heavy (non-hydrogen) atoms. The first kappa shape index (κ1) is 17.3. The lowest BCUT2D eigenvalue weighted by Crippen LogP contribution is -2.38. The van der Waals surface area contributed by atoms with E-state index in [1.165, 1.54) is 6.92 Å². The molecule has 3 N–H and O–H groups in total. The molecule has 0 aliphatic carbocycles. The number of nitrogens with zero attached hydrogens (tertiary/aromatic N) is 2. The maximum Gasteiger partial charge on any atom is 0.323 e. The van der Waals surface area contributed by atoms with Crippen molar-refractivity contribution < 1.29 is 14.6 Å². The standard InChI is InChI=1S/C11H22N4O4/c1-8(14-15(17)18)13-7-5-6-9(12)10(16)19-11(2,3)4/h9H,5-7,12H2,1-4H3,(H,13,14). The minimum absolute atomic E-state index is 0.218. The van der Waals surface area contributed by atoms with Crippen LogP contribution in [-0.2, 0) is 9.53 Å². The van der Waals surface area contributed by atoms with Gasteiger partial charge in [-0.2, -0.15) is 0 Å². The van der Waals surface area contributed by atoms with Gasteiger partial charge in [-0.3, -0.25) is 4.79 Å². The molecule has 0 aliphatic heterocycles. The lowest BCUT2D eigenvalue weighted by atomic mass is 10.1. The number of esters is 1. The first-order valence-corrected chi connectivity index (χ1v) is 6.03. The topological polar surface area (TPSA) is 120 Å².